The summed E-state index contributed by atoms with van der Waals surface area (Å²) in [6.07, 6.45) is 1.73. The number of benzene rings is 1. The van der Waals surface area contributed by atoms with E-state index in [0.717, 1.165) is 16.6 Å². The average molecular weight is 305 g/mol. The third-order valence-corrected chi connectivity index (χ3v) is 3.43. The van der Waals surface area contributed by atoms with E-state index in [1.54, 1.807) is 30.5 Å². The van der Waals surface area contributed by atoms with E-state index >= 15 is 0 Å². The zero-order valence-electron chi connectivity index (χ0n) is 10.6. The van der Waals surface area contributed by atoms with Crippen molar-refractivity contribution in [1.82, 2.24) is 9.97 Å². The maximum atomic E-state index is 6.08. The van der Waals surface area contributed by atoms with Gasteiger partial charge in [-0.25, -0.2) is 4.98 Å². The van der Waals surface area contributed by atoms with Crippen LogP contribution in [0.5, 0.6) is 11.6 Å². The van der Waals surface area contributed by atoms with Gasteiger partial charge in [0.15, 0.2) is 0 Å². The van der Waals surface area contributed by atoms with Crippen LogP contribution in [0.25, 0.3) is 10.9 Å². The number of fused-ring (bicyclic) bond motifs is 1. The molecule has 0 spiro atoms. The zero-order chi connectivity index (χ0) is 14.1. The van der Waals surface area contributed by atoms with E-state index in [0.29, 0.717) is 21.7 Å². The maximum absolute atomic E-state index is 6.08. The van der Waals surface area contributed by atoms with Gasteiger partial charge in [0.1, 0.15) is 5.75 Å². The lowest BCUT2D eigenvalue weighted by Gasteiger charge is -2.08. The first-order valence-corrected chi connectivity index (χ1v) is 6.74. The second kappa shape index (κ2) is 5.27. The average Bonchev–Trinajstić information content (AvgIpc) is 2.42. The Kier molecular flexibility index (Phi) is 3.47. The molecule has 20 heavy (non-hydrogen) atoms. The van der Waals surface area contributed by atoms with Crippen LogP contribution in [-0.2, 0) is 0 Å². The molecule has 0 radical (unpaired) electrons. The minimum atomic E-state index is 0.449. The van der Waals surface area contributed by atoms with Gasteiger partial charge in [0.05, 0.1) is 10.5 Å². The number of aromatic nitrogens is 2. The molecule has 2 heterocycles. The Balaban J connectivity index is 1.99. The van der Waals surface area contributed by atoms with Crippen LogP contribution in [0.4, 0.5) is 0 Å². The van der Waals surface area contributed by atoms with Crippen LogP contribution in [0.1, 0.15) is 5.69 Å². The minimum Gasteiger partial charge on any atom is -0.437 e. The van der Waals surface area contributed by atoms with Gasteiger partial charge in [0.25, 0.3) is 0 Å². The van der Waals surface area contributed by atoms with Crippen molar-refractivity contribution in [1.29, 1.82) is 0 Å². The minimum absolute atomic E-state index is 0.449. The van der Waals surface area contributed by atoms with Crippen LogP contribution < -0.4 is 4.74 Å². The maximum Gasteiger partial charge on any atom is 0.219 e. The summed E-state index contributed by atoms with van der Waals surface area (Å²) < 4.78 is 5.69. The monoisotopic (exact) mass is 304 g/mol. The van der Waals surface area contributed by atoms with Crippen LogP contribution in [0.15, 0.2) is 42.6 Å². The summed E-state index contributed by atoms with van der Waals surface area (Å²) in [6.45, 7) is 1.95. The third kappa shape index (κ3) is 2.55. The summed E-state index contributed by atoms with van der Waals surface area (Å²) >= 11 is 11.9. The molecule has 3 rings (SSSR count). The molecule has 0 bridgehead atoms. The van der Waals surface area contributed by atoms with E-state index in [-0.39, 0.29) is 0 Å². The van der Waals surface area contributed by atoms with Crippen LogP contribution in [-0.4, -0.2) is 9.97 Å². The van der Waals surface area contributed by atoms with Gasteiger partial charge in [-0.15, -0.1) is 0 Å². The number of hydrogen-bond donors (Lipinski definition) is 0. The van der Waals surface area contributed by atoms with Gasteiger partial charge < -0.3 is 4.74 Å². The quantitative estimate of drug-likeness (QED) is 0.665. The number of nitrogens with zero attached hydrogens (tertiary/aromatic N) is 2. The highest BCUT2D eigenvalue weighted by Crippen LogP contribution is 2.31. The predicted octanol–water partition coefficient (Wildman–Crippen LogP) is 5.04. The van der Waals surface area contributed by atoms with E-state index in [4.69, 9.17) is 27.9 Å². The van der Waals surface area contributed by atoms with Crippen molar-refractivity contribution >= 4 is 34.1 Å². The second-order valence-corrected chi connectivity index (χ2v) is 5.13. The van der Waals surface area contributed by atoms with Gasteiger partial charge in [-0.1, -0.05) is 23.2 Å². The number of pyridine rings is 2. The first kappa shape index (κ1) is 13.2. The van der Waals surface area contributed by atoms with Crippen LogP contribution in [0.3, 0.4) is 0 Å². The smallest absolute Gasteiger partial charge is 0.219 e. The molecule has 0 N–H and O–H groups in total. The number of rotatable bonds is 2. The number of aryl methyl sites for hydroxylation is 1. The molecule has 1 aromatic carbocycles. The molecule has 5 heteroatoms. The topological polar surface area (TPSA) is 35.0 Å². The van der Waals surface area contributed by atoms with E-state index in [9.17, 15) is 0 Å². The molecule has 3 nitrogen and oxygen atoms in total. The highest BCUT2D eigenvalue weighted by molar-refractivity contribution is 6.35. The Morgan fingerprint density at radius 1 is 1.05 bits per heavy atom. The van der Waals surface area contributed by atoms with Gasteiger partial charge >= 0.3 is 0 Å². The highest BCUT2D eigenvalue weighted by Gasteiger charge is 2.06. The lowest BCUT2D eigenvalue weighted by molar-refractivity contribution is 0.465. The fourth-order valence-corrected chi connectivity index (χ4v) is 2.35. The molecule has 0 aliphatic heterocycles. The lowest BCUT2D eigenvalue weighted by Crippen LogP contribution is -1.91. The fraction of sp³-hybridized carbons (Fsp3) is 0.0667. The van der Waals surface area contributed by atoms with Gasteiger partial charge in [-0.2, -0.15) is 0 Å². The molecule has 0 unspecified atom stereocenters. The molecule has 0 fully saturated rings. The normalized spacial score (nSPS) is 10.8. The van der Waals surface area contributed by atoms with Crippen molar-refractivity contribution in [2.45, 2.75) is 6.92 Å². The third-order valence-electron chi connectivity index (χ3n) is 2.90. The Labute approximate surface area is 126 Å². The Hall–Kier alpha value is -1.84. The first-order chi connectivity index (χ1) is 9.63. The summed E-state index contributed by atoms with van der Waals surface area (Å²) in [7, 11) is 0. The van der Waals surface area contributed by atoms with E-state index in [2.05, 4.69) is 9.97 Å². The summed E-state index contributed by atoms with van der Waals surface area (Å²) in [6, 6.07) is 10.6. The largest absolute Gasteiger partial charge is 0.437 e. The van der Waals surface area contributed by atoms with E-state index in [1.165, 1.54) is 0 Å². The molecule has 0 amide bonds. The molecule has 0 aliphatic rings. The number of ether oxygens (including phenoxy) is 1. The van der Waals surface area contributed by atoms with Crippen molar-refractivity contribution in [3.05, 3.63) is 58.3 Å². The SMILES string of the molecule is Cc1nccc2nc(Oc3ccc(Cl)cc3Cl)ccc12. The van der Waals surface area contributed by atoms with Crippen molar-refractivity contribution in [3.63, 3.8) is 0 Å². The molecule has 0 atom stereocenters. The van der Waals surface area contributed by atoms with Crippen LogP contribution in [0, 0.1) is 6.92 Å². The van der Waals surface area contributed by atoms with Crippen molar-refractivity contribution < 1.29 is 4.74 Å². The summed E-state index contributed by atoms with van der Waals surface area (Å²) in [5, 5.41) is 2.02. The highest BCUT2D eigenvalue weighted by atomic mass is 35.5. The molecular weight excluding hydrogens is 295 g/mol. The fourth-order valence-electron chi connectivity index (χ4n) is 1.91. The number of halogens is 2. The molecule has 0 aliphatic carbocycles. The molecule has 0 saturated carbocycles. The summed E-state index contributed by atoms with van der Waals surface area (Å²) in [5.41, 5.74) is 1.77. The first-order valence-electron chi connectivity index (χ1n) is 5.99. The van der Waals surface area contributed by atoms with Gasteiger partial charge in [-0.05, 0) is 37.3 Å². The predicted molar refractivity (Wildman–Crippen MR) is 80.8 cm³/mol. The molecule has 0 saturated heterocycles. The van der Waals surface area contributed by atoms with Gasteiger partial charge in [0.2, 0.25) is 5.88 Å². The van der Waals surface area contributed by atoms with Gasteiger partial charge in [0, 0.05) is 28.4 Å². The summed E-state index contributed by atoms with van der Waals surface area (Å²) in [5.74, 6) is 1.00. The molecule has 100 valence electrons. The van der Waals surface area contributed by atoms with Crippen molar-refractivity contribution in [3.8, 4) is 11.6 Å². The standard InChI is InChI=1S/C15H10Cl2N2O/c1-9-11-3-5-15(19-13(11)6-7-18-9)20-14-4-2-10(16)8-12(14)17/h2-8H,1H3. The molecule has 3 aromatic rings. The van der Waals surface area contributed by atoms with E-state index in [1.807, 2.05) is 19.1 Å². The van der Waals surface area contributed by atoms with E-state index < -0.39 is 0 Å². The van der Waals surface area contributed by atoms with Crippen LogP contribution >= 0.6 is 23.2 Å². The van der Waals surface area contributed by atoms with Crippen molar-refractivity contribution in [2.24, 2.45) is 0 Å². The summed E-state index contributed by atoms with van der Waals surface area (Å²) in [4.78, 5) is 8.67. The Morgan fingerprint density at radius 3 is 2.70 bits per heavy atom. The zero-order valence-corrected chi connectivity index (χ0v) is 12.1. The van der Waals surface area contributed by atoms with Crippen LogP contribution in [0.2, 0.25) is 10.0 Å². The molecule has 2 aromatic heterocycles. The lowest BCUT2D eigenvalue weighted by atomic mass is 10.2. The molecular formula is C15H10Cl2N2O. The number of hydrogen-bond acceptors (Lipinski definition) is 3. The Morgan fingerprint density at radius 2 is 1.90 bits per heavy atom. The van der Waals surface area contributed by atoms with Gasteiger partial charge in [-0.3, -0.25) is 4.98 Å². The second-order valence-electron chi connectivity index (χ2n) is 4.29. The Bertz CT molecular complexity index is 790. The van der Waals surface area contributed by atoms with Crippen molar-refractivity contribution in [2.75, 3.05) is 0 Å².